The van der Waals surface area contributed by atoms with E-state index in [1.54, 1.807) is 0 Å². The molecule has 3 fully saturated rings. The van der Waals surface area contributed by atoms with Crippen LogP contribution in [0.2, 0.25) is 0 Å². The van der Waals surface area contributed by atoms with Crippen LogP contribution in [-0.2, 0) is 9.47 Å². The molecule has 0 radical (unpaired) electrons. The maximum Gasteiger partial charge on any atom is 0.193 e. The first kappa shape index (κ1) is 19.9. The number of nitrogens with one attached hydrogen (secondary N) is 1. The van der Waals surface area contributed by atoms with Gasteiger partial charge in [0.05, 0.1) is 19.8 Å². The van der Waals surface area contributed by atoms with Crippen LogP contribution in [0.3, 0.4) is 0 Å². The average Bonchev–Trinajstić information content (AvgIpc) is 3.51. The molecule has 1 saturated heterocycles. The van der Waals surface area contributed by atoms with Gasteiger partial charge in [0.2, 0.25) is 0 Å². The Morgan fingerprint density at radius 2 is 1.96 bits per heavy atom. The van der Waals surface area contributed by atoms with Crippen LogP contribution in [0.15, 0.2) is 4.99 Å². The van der Waals surface area contributed by atoms with E-state index >= 15 is 0 Å². The summed E-state index contributed by atoms with van der Waals surface area (Å²) in [6.45, 7) is 7.44. The van der Waals surface area contributed by atoms with Crippen LogP contribution in [0.25, 0.3) is 0 Å². The number of ether oxygens (including phenoxy) is 2. The molecular formula is C20H38N4O2. The van der Waals surface area contributed by atoms with Crippen molar-refractivity contribution in [1.29, 1.82) is 0 Å². The first-order valence-electron chi connectivity index (χ1n) is 10.6. The number of nitrogens with zero attached hydrogens (tertiary/aromatic N) is 3. The van der Waals surface area contributed by atoms with Gasteiger partial charge >= 0.3 is 0 Å². The van der Waals surface area contributed by atoms with Crippen molar-refractivity contribution in [3.05, 3.63) is 0 Å². The van der Waals surface area contributed by atoms with Gasteiger partial charge in [-0.05, 0) is 31.6 Å². The Bertz CT molecular complexity index is 441. The van der Waals surface area contributed by atoms with Gasteiger partial charge in [-0.3, -0.25) is 9.89 Å². The zero-order valence-electron chi connectivity index (χ0n) is 16.8. The Morgan fingerprint density at radius 1 is 1.23 bits per heavy atom. The number of guanidine groups is 1. The van der Waals surface area contributed by atoms with Crippen LogP contribution in [0.4, 0.5) is 0 Å². The topological polar surface area (TPSA) is 49.3 Å². The minimum atomic E-state index is 0.265. The lowest BCUT2D eigenvalue weighted by Gasteiger charge is -2.48. The van der Waals surface area contributed by atoms with Gasteiger partial charge < -0.3 is 19.7 Å². The van der Waals surface area contributed by atoms with Crippen LogP contribution in [0, 0.1) is 5.92 Å². The van der Waals surface area contributed by atoms with E-state index in [0.717, 1.165) is 64.5 Å². The summed E-state index contributed by atoms with van der Waals surface area (Å²) >= 11 is 0. The molecule has 0 aromatic carbocycles. The summed E-state index contributed by atoms with van der Waals surface area (Å²) < 4.78 is 11.4. The smallest absolute Gasteiger partial charge is 0.193 e. The van der Waals surface area contributed by atoms with Gasteiger partial charge in [-0.1, -0.05) is 19.3 Å². The minimum Gasteiger partial charge on any atom is -0.379 e. The lowest BCUT2D eigenvalue weighted by Crippen LogP contribution is -2.60. The van der Waals surface area contributed by atoms with E-state index in [-0.39, 0.29) is 5.54 Å². The zero-order chi connectivity index (χ0) is 18.2. The van der Waals surface area contributed by atoms with E-state index in [9.17, 15) is 0 Å². The highest BCUT2D eigenvalue weighted by Gasteiger charge is 2.38. The number of rotatable bonds is 8. The van der Waals surface area contributed by atoms with E-state index in [0.29, 0.717) is 0 Å². The fraction of sp³-hybridized carbons (Fsp3) is 0.950. The lowest BCUT2D eigenvalue weighted by molar-refractivity contribution is -0.0354. The third kappa shape index (κ3) is 5.57. The molecule has 2 aliphatic carbocycles. The van der Waals surface area contributed by atoms with Crippen LogP contribution in [0.1, 0.15) is 44.9 Å². The molecule has 3 aliphatic rings. The van der Waals surface area contributed by atoms with Crippen LogP contribution in [0.5, 0.6) is 0 Å². The molecule has 1 N–H and O–H groups in total. The molecule has 0 amide bonds. The Kier molecular flexibility index (Phi) is 7.58. The lowest BCUT2D eigenvalue weighted by atomic mass is 9.80. The van der Waals surface area contributed by atoms with E-state index in [4.69, 9.17) is 9.47 Å². The van der Waals surface area contributed by atoms with Gasteiger partial charge in [0, 0.05) is 52.4 Å². The van der Waals surface area contributed by atoms with Gasteiger partial charge in [0.15, 0.2) is 5.96 Å². The van der Waals surface area contributed by atoms with Crippen LogP contribution in [-0.4, -0.2) is 88.0 Å². The Hall–Kier alpha value is -0.850. The molecule has 0 aromatic heterocycles. The summed E-state index contributed by atoms with van der Waals surface area (Å²) in [5.41, 5.74) is 0.265. The molecule has 150 valence electrons. The summed E-state index contributed by atoms with van der Waals surface area (Å²) in [6.07, 6.45) is 9.31. The second-order valence-corrected chi connectivity index (χ2v) is 8.23. The normalized spacial score (nSPS) is 24.5. The molecule has 3 rings (SSSR count). The fourth-order valence-electron chi connectivity index (χ4n) is 4.32. The van der Waals surface area contributed by atoms with Crippen molar-refractivity contribution >= 4 is 5.96 Å². The van der Waals surface area contributed by atoms with Gasteiger partial charge in [0.25, 0.3) is 0 Å². The second-order valence-electron chi connectivity index (χ2n) is 8.23. The summed E-state index contributed by atoms with van der Waals surface area (Å²) in [4.78, 5) is 9.38. The first-order chi connectivity index (χ1) is 12.7. The van der Waals surface area contributed by atoms with Crippen molar-refractivity contribution in [2.24, 2.45) is 10.9 Å². The fourth-order valence-corrected chi connectivity index (χ4v) is 4.32. The number of morpholine rings is 1. The molecule has 0 unspecified atom stereocenters. The standard InChI is InChI=1S/C20H38N4O2/c1-21-19(23(2)10-13-26-16-18-6-7-18)22-17-20(8-4-3-5-9-20)24-11-14-25-15-12-24/h18H,3-17H2,1-2H3,(H,21,22). The van der Waals surface area contributed by atoms with E-state index in [2.05, 4.69) is 27.2 Å². The average molecular weight is 367 g/mol. The van der Waals surface area contributed by atoms with Crippen LogP contribution < -0.4 is 5.32 Å². The van der Waals surface area contributed by atoms with Gasteiger partial charge in [-0.2, -0.15) is 0 Å². The highest BCUT2D eigenvalue weighted by molar-refractivity contribution is 5.79. The van der Waals surface area contributed by atoms with Crippen molar-refractivity contribution in [3.8, 4) is 0 Å². The summed E-state index contributed by atoms with van der Waals surface area (Å²) in [6, 6.07) is 0. The molecule has 2 saturated carbocycles. The van der Waals surface area contributed by atoms with Crippen molar-refractivity contribution in [1.82, 2.24) is 15.1 Å². The van der Waals surface area contributed by atoms with Crippen molar-refractivity contribution in [3.63, 3.8) is 0 Å². The number of likely N-dealkylation sites (N-methyl/N-ethyl adjacent to an activating group) is 1. The van der Waals surface area contributed by atoms with Crippen LogP contribution >= 0.6 is 0 Å². The van der Waals surface area contributed by atoms with Crippen molar-refractivity contribution in [2.75, 3.05) is 66.7 Å². The van der Waals surface area contributed by atoms with Crippen molar-refractivity contribution in [2.45, 2.75) is 50.5 Å². The molecule has 0 atom stereocenters. The molecule has 0 bridgehead atoms. The first-order valence-corrected chi connectivity index (χ1v) is 10.6. The Labute approximate surface area is 159 Å². The highest BCUT2D eigenvalue weighted by Crippen LogP contribution is 2.34. The minimum absolute atomic E-state index is 0.265. The second kappa shape index (κ2) is 9.90. The largest absolute Gasteiger partial charge is 0.379 e. The predicted molar refractivity (Wildman–Crippen MR) is 106 cm³/mol. The quantitative estimate of drug-likeness (QED) is 0.404. The van der Waals surface area contributed by atoms with E-state index in [1.165, 1.54) is 44.9 Å². The number of aliphatic imine (C=N–C) groups is 1. The monoisotopic (exact) mass is 366 g/mol. The van der Waals surface area contributed by atoms with E-state index < -0.39 is 0 Å². The van der Waals surface area contributed by atoms with Crippen molar-refractivity contribution < 1.29 is 9.47 Å². The maximum atomic E-state index is 5.79. The van der Waals surface area contributed by atoms with E-state index in [1.807, 2.05) is 7.05 Å². The molecule has 1 aliphatic heterocycles. The SMILES string of the molecule is CN=C(NCC1(N2CCOCC2)CCCCC1)N(C)CCOCC1CC1. The molecule has 0 aromatic rings. The number of hydrogen-bond donors (Lipinski definition) is 1. The number of hydrogen-bond acceptors (Lipinski definition) is 4. The molecule has 26 heavy (non-hydrogen) atoms. The highest BCUT2D eigenvalue weighted by atomic mass is 16.5. The summed E-state index contributed by atoms with van der Waals surface area (Å²) in [5.74, 6) is 1.82. The molecule has 0 spiro atoms. The maximum absolute atomic E-state index is 5.79. The molecule has 6 heteroatoms. The Morgan fingerprint density at radius 3 is 2.62 bits per heavy atom. The van der Waals surface area contributed by atoms with Gasteiger partial charge in [-0.25, -0.2) is 0 Å². The van der Waals surface area contributed by atoms with Gasteiger partial charge in [-0.15, -0.1) is 0 Å². The third-order valence-corrected chi connectivity index (χ3v) is 6.24. The molecule has 6 nitrogen and oxygen atoms in total. The Balaban J connectivity index is 1.48. The zero-order valence-corrected chi connectivity index (χ0v) is 16.8. The molecular weight excluding hydrogens is 328 g/mol. The molecule has 1 heterocycles. The van der Waals surface area contributed by atoms with Gasteiger partial charge in [0.1, 0.15) is 0 Å². The summed E-state index contributed by atoms with van der Waals surface area (Å²) in [7, 11) is 3.99. The predicted octanol–water partition coefficient (Wildman–Crippen LogP) is 1.96. The third-order valence-electron chi connectivity index (χ3n) is 6.24. The summed E-state index contributed by atoms with van der Waals surface area (Å²) in [5, 5.41) is 3.68.